The van der Waals surface area contributed by atoms with E-state index >= 15 is 0 Å². The van der Waals surface area contributed by atoms with E-state index in [4.69, 9.17) is 13.9 Å². The van der Waals surface area contributed by atoms with E-state index in [1.54, 1.807) is 18.2 Å². The lowest BCUT2D eigenvalue weighted by Gasteiger charge is -2.13. The Morgan fingerprint density at radius 3 is 2.60 bits per heavy atom. The highest BCUT2D eigenvalue weighted by Crippen LogP contribution is 2.28. The van der Waals surface area contributed by atoms with Crippen LogP contribution in [-0.2, 0) is 22.6 Å². The Kier molecular flexibility index (Phi) is 6.45. The largest absolute Gasteiger partial charge is 0.504 e. The predicted octanol–water partition coefficient (Wildman–Crippen LogP) is 4.62. The molecule has 30 heavy (non-hydrogen) atoms. The van der Waals surface area contributed by atoms with Crippen molar-refractivity contribution in [2.45, 2.75) is 46.1 Å². The van der Waals surface area contributed by atoms with Gasteiger partial charge in [-0.15, -0.1) is 0 Å². The van der Waals surface area contributed by atoms with Gasteiger partial charge in [-0.25, -0.2) is 4.79 Å². The summed E-state index contributed by atoms with van der Waals surface area (Å²) in [5.74, 6) is 0.342. The average molecular weight is 410 g/mol. The van der Waals surface area contributed by atoms with Crippen molar-refractivity contribution < 1.29 is 23.8 Å². The number of fused-ring (bicyclic) bond motifs is 1. The van der Waals surface area contributed by atoms with Gasteiger partial charge in [-0.05, 0) is 60.2 Å². The number of aryl methyl sites for hydroxylation is 2. The van der Waals surface area contributed by atoms with Crippen molar-refractivity contribution in [1.82, 2.24) is 0 Å². The van der Waals surface area contributed by atoms with Crippen molar-refractivity contribution in [3.8, 4) is 11.5 Å². The first-order valence-corrected chi connectivity index (χ1v) is 9.87. The molecule has 3 rings (SSSR count). The molecule has 158 valence electrons. The van der Waals surface area contributed by atoms with Crippen LogP contribution < -0.4 is 10.4 Å². The van der Waals surface area contributed by atoms with Gasteiger partial charge in [0.15, 0.2) is 11.5 Å². The van der Waals surface area contributed by atoms with Crippen LogP contribution in [0.5, 0.6) is 11.5 Å². The molecule has 0 fully saturated rings. The van der Waals surface area contributed by atoms with Gasteiger partial charge in [0.2, 0.25) is 0 Å². The minimum atomic E-state index is -0.473. The highest BCUT2D eigenvalue weighted by atomic mass is 16.5. The summed E-state index contributed by atoms with van der Waals surface area (Å²) in [6.07, 6.45) is 0.576. The first-order chi connectivity index (χ1) is 14.3. The zero-order chi connectivity index (χ0) is 21.8. The first kappa shape index (κ1) is 21.4. The second-order valence-electron chi connectivity index (χ2n) is 7.62. The third kappa shape index (κ3) is 4.82. The normalized spacial score (nSPS) is 11.1. The summed E-state index contributed by atoms with van der Waals surface area (Å²) in [5, 5.41) is 10.6. The highest BCUT2D eigenvalue weighted by Gasteiger charge is 2.13. The molecule has 0 saturated heterocycles. The summed E-state index contributed by atoms with van der Waals surface area (Å²) in [4.78, 5) is 24.2. The van der Waals surface area contributed by atoms with Crippen LogP contribution in [0.4, 0.5) is 0 Å². The molecule has 0 spiro atoms. The molecule has 3 aromatic rings. The summed E-state index contributed by atoms with van der Waals surface area (Å²) in [7, 11) is 1.48. The number of benzene rings is 2. The van der Waals surface area contributed by atoms with Gasteiger partial charge in [-0.3, -0.25) is 4.79 Å². The third-order valence-corrected chi connectivity index (χ3v) is 5.09. The number of esters is 1. The number of hydrogen-bond acceptors (Lipinski definition) is 6. The Morgan fingerprint density at radius 1 is 1.17 bits per heavy atom. The van der Waals surface area contributed by atoms with Crippen LogP contribution in [0.2, 0.25) is 0 Å². The van der Waals surface area contributed by atoms with E-state index in [2.05, 4.69) is 13.8 Å². The van der Waals surface area contributed by atoms with E-state index in [1.165, 1.54) is 13.2 Å². The van der Waals surface area contributed by atoms with Crippen LogP contribution in [0.1, 0.15) is 48.4 Å². The minimum absolute atomic E-state index is 0.00457. The van der Waals surface area contributed by atoms with Gasteiger partial charge in [-0.2, -0.15) is 0 Å². The molecule has 0 bridgehead atoms. The summed E-state index contributed by atoms with van der Waals surface area (Å²) in [6, 6.07) is 10.2. The van der Waals surface area contributed by atoms with E-state index < -0.39 is 5.63 Å². The number of ether oxygens (including phenoxy) is 2. The molecule has 0 atom stereocenters. The molecule has 1 aromatic heterocycles. The summed E-state index contributed by atoms with van der Waals surface area (Å²) >= 11 is 0. The van der Waals surface area contributed by atoms with Crippen molar-refractivity contribution in [2.24, 2.45) is 0 Å². The topological polar surface area (TPSA) is 86.0 Å². The Labute approximate surface area is 175 Å². The molecule has 0 aliphatic carbocycles. The Bertz CT molecular complexity index is 1130. The standard InChI is InChI=1S/C24H26O6/c1-14(2)18-12-19-17(11-24(27)30-22(19)9-15(18)3)13-29-23(26)8-6-16-5-7-21(28-4)20(25)10-16/h5,7,9-12,14,25H,6,8,13H2,1-4H3. The maximum absolute atomic E-state index is 12.2. The van der Waals surface area contributed by atoms with Crippen LogP contribution in [-0.4, -0.2) is 18.2 Å². The number of rotatable bonds is 7. The minimum Gasteiger partial charge on any atom is -0.504 e. The predicted molar refractivity (Wildman–Crippen MR) is 114 cm³/mol. The molecule has 1 heterocycles. The Hall–Kier alpha value is -3.28. The van der Waals surface area contributed by atoms with E-state index in [0.717, 1.165) is 22.1 Å². The molecule has 0 unspecified atom stereocenters. The van der Waals surface area contributed by atoms with E-state index in [-0.39, 0.29) is 24.7 Å². The molecular formula is C24H26O6. The maximum Gasteiger partial charge on any atom is 0.336 e. The van der Waals surface area contributed by atoms with Gasteiger partial charge < -0.3 is 19.0 Å². The number of phenols is 1. The lowest BCUT2D eigenvalue weighted by atomic mass is 9.95. The second-order valence-corrected chi connectivity index (χ2v) is 7.62. The average Bonchev–Trinajstić information content (AvgIpc) is 2.69. The van der Waals surface area contributed by atoms with Crippen molar-refractivity contribution >= 4 is 16.9 Å². The number of carbonyl (C=O) groups excluding carboxylic acids is 1. The van der Waals surface area contributed by atoms with Crippen LogP contribution in [0.3, 0.4) is 0 Å². The molecule has 0 aliphatic heterocycles. The molecule has 0 radical (unpaired) electrons. The van der Waals surface area contributed by atoms with Gasteiger partial charge in [0.05, 0.1) is 7.11 Å². The number of hydrogen-bond donors (Lipinski definition) is 1. The first-order valence-electron chi connectivity index (χ1n) is 9.87. The van der Waals surface area contributed by atoms with Crippen LogP contribution in [0, 0.1) is 6.92 Å². The molecule has 2 aromatic carbocycles. The van der Waals surface area contributed by atoms with E-state index in [1.807, 2.05) is 19.1 Å². The molecule has 1 N–H and O–H groups in total. The lowest BCUT2D eigenvalue weighted by molar-refractivity contribution is -0.144. The van der Waals surface area contributed by atoms with Crippen LogP contribution >= 0.6 is 0 Å². The fourth-order valence-electron chi connectivity index (χ4n) is 3.50. The zero-order valence-electron chi connectivity index (χ0n) is 17.7. The van der Waals surface area contributed by atoms with E-state index in [9.17, 15) is 14.7 Å². The number of phenolic OH excluding ortho intramolecular Hbond substituents is 1. The summed E-state index contributed by atoms with van der Waals surface area (Å²) in [6.45, 7) is 6.18. The fraction of sp³-hybridized carbons (Fsp3) is 0.333. The van der Waals surface area contributed by atoms with Gasteiger partial charge in [0.1, 0.15) is 12.2 Å². The smallest absolute Gasteiger partial charge is 0.336 e. The quantitative estimate of drug-likeness (QED) is 0.452. The van der Waals surface area contributed by atoms with Gasteiger partial charge in [0.25, 0.3) is 0 Å². The summed E-state index contributed by atoms with van der Waals surface area (Å²) in [5.41, 5.74) is 3.65. The second kappa shape index (κ2) is 9.03. The molecule has 0 amide bonds. The highest BCUT2D eigenvalue weighted by molar-refractivity contribution is 5.82. The maximum atomic E-state index is 12.2. The van der Waals surface area contributed by atoms with Crippen molar-refractivity contribution in [1.29, 1.82) is 0 Å². The van der Waals surface area contributed by atoms with Gasteiger partial charge in [0, 0.05) is 23.4 Å². The lowest BCUT2D eigenvalue weighted by Crippen LogP contribution is -2.09. The Balaban J connectivity index is 1.71. The summed E-state index contributed by atoms with van der Waals surface area (Å²) < 4.78 is 15.8. The van der Waals surface area contributed by atoms with Crippen molar-refractivity contribution in [3.63, 3.8) is 0 Å². The molecule has 6 nitrogen and oxygen atoms in total. The van der Waals surface area contributed by atoms with Crippen molar-refractivity contribution in [3.05, 3.63) is 69.1 Å². The molecule has 0 aliphatic rings. The number of methoxy groups -OCH3 is 1. The molecular weight excluding hydrogens is 384 g/mol. The van der Waals surface area contributed by atoms with Crippen LogP contribution in [0.15, 0.2) is 45.6 Å². The van der Waals surface area contributed by atoms with Crippen molar-refractivity contribution in [2.75, 3.05) is 7.11 Å². The molecule has 0 saturated carbocycles. The number of carbonyl (C=O) groups is 1. The van der Waals surface area contributed by atoms with Crippen LogP contribution in [0.25, 0.3) is 11.0 Å². The SMILES string of the molecule is COc1ccc(CCC(=O)OCc2cc(=O)oc3cc(C)c(C(C)C)cc23)cc1O. The van der Waals surface area contributed by atoms with Gasteiger partial charge >= 0.3 is 11.6 Å². The monoisotopic (exact) mass is 410 g/mol. The number of aromatic hydroxyl groups is 1. The fourth-order valence-corrected chi connectivity index (χ4v) is 3.50. The molecule has 6 heteroatoms. The third-order valence-electron chi connectivity index (χ3n) is 5.09. The Morgan fingerprint density at radius 2 is 1.93 bits per heavy atom. The van der Waals surface area contributed by atoms with E-state index in [0.29, 0.717) is 29.2 Å². The zero-order valence-corrected chi connectivity index (χ0v) is 17.7. The van der Waals surface area contributed by atoms with Gasteiger partial charge in [-0.1, -0.05) is 19.9 Å².